The van der Waals surface area contributed by atoms with Gasteiger partial charge in [-0.25, -0.2) is 9.40 Å². The van der Waals surface area contributed by atoms with Gasteiger partial charge in [-0.05, 0) is 18.8 Å². The van der Waals surface area contributed by atoms with E-state index in [1.165, 1.54) is 18.8 Å². The van der Waals surface area contributed by atoms with Crippen LogP contribution in [0.4, 0.5) is 5.82 Å². The fraction of sp³-hybridized carbons (Fsp3) is 0.500. The third-order valence-corrected chi connectivity index (χ3v) is 3.68. The Morgan fingerprint density at radius 1 is 1.47 bits per heavy atom. The Labute approximate surface area is 108 Å². The van der Waals surface area contributed by atoms with E-state index in [2.05, 4.69) is 15.3 Å². The van der Waals surface area contributed by atoms with Crippen LogP contribution in [0.25, 0.3) is 0 Å². The van der Waals surface area contributed by atoms with Gasteiger partial charge < -0.3 is 5.32 Å². The number of amides is 1. The second-order valence-corrected chi connectivity index (χ2v) is 5.10. The molecule has 0 aromatic carbocycles. The summed E-state index contributed by atoms with van der Waals surface area (Å²) in [7, 11) is 0. The number of nitrogens with zero attached hydrogens (tertiary/aromatic N) is 3. The van der Waals surface area contributed by atoms with Gasteiger partial charge in [0.2, 0.25) is 0 Å². The van der Waals surface area contributed by atoms with E-state index in [9.17, 15) is 4.79 Å². The van der Waals surface area contributed by atoms with Crippen molar-refractivity contribution in [3.05, 3.63) is 17.5 Å². The SMILES string of the molecule is O=C([C@@H]1C[C@H]2C[C@H]2N1)N(Cl)c1cncc(Cl)n1. The van der Waals surface area contributed by atoms with Crippen molar-refractivity contribution in [1.29, 1.82) is 0 Å². The number of aromatic nitrogens is 2. The molecule has 1 aliphatic carbocycles. The molecule has 2 fully saturated rings. The highest BCUT2D eigenvalue weighted by atomic mass is 35.5. The third-order valence-electron chi connectivity index (χ3n) is 3.16. The fourth-order valence-electron chi connectivity index (χ4n) is 2.19. The molecule has 0 spiro atoms. The van der Waals surface area contributed by atoms with Crippen LogP contribution in [0.5, 0.6) is 0 Å². The molecule has 2 aliphatic rings. The van der Waals surface area contributed by atoms with Gasteiger partial charge in [0.1, 0.15) is 5.15 Å². The van der Waals surface area contributed by atoms with E-state index in [4.69, 9.17) is 23.4 Å². The standard InChI is InChI=1S/C10H10Cl2N4O/c11-8-3-13-4-9(15-8)16(12)10(17)7-2-5-1-6(5)14-7/h3-7,14H,1-2H2/t5-,6-,7+/m1/s1. The zero-order chi connectivity index (χ0) is 12.0. The van der Waals surface area contributed by atoms with Gasteiger partial charge in [-0.3, -0.25) is 9.78 Å². The lowest BCUT2D eigenvalue weighted by Gasteiger charge is -2.18. The summed E-state index contributed by atoms with van der Waals surface area (Å²) in [5.74, 6) is 0.696. The molecule has 1 N–H and O–H groups in total. The normalized spacial score (nSPS) is 29.9. The topological polar surface area (TPSA) is 58.1 Å². The first-order valence-electron chi connectivity index (χ1n) is 5.38. The summed E-state index contributed by atoms with van der Waals surface area (Å²) in [5, 5.41) is 3.45. The molecule has 0 unspecified atom stereocenters. The molecule has 0 bridgehead atoms. The van der Waals surface area contributed by atoms with Crippen molar-refractivity contribution in [1.82, 2.24) is 15.3 Å². The Morgan fingerprint density at radius 3 is 2.94 bits per heavy atom. The first-order valence-corrected chi connectivity index (χ1v) is 6.10. The number of fused-ring (bicyclic) bond motifs is 1. The molecule has 1 aromatic heterocycles. The first-order chi connectivity index (χ1) is 8.15. The molecule has 1 amide bonds. The number of carbonyl (C=O) groups is 1. The minimum absolute atomic E-state index is 0.199. The van der Waals surface area contributed by atoms with Crippen LogP contribution in [-0.4, -0.2) is 28.0 Å². The summed E-state index contributed by atoms with van der Waals surface area (Å²) in [6.45, 7) is 0. The molecule has 1 saturated carbocycles. The highest BCUT2D eigenvalue weighted by Gasteiger charge is 2.48. The van der Waals surface area contributed by atoms with E-state index in [0.717, 1.165) is 10.8 Å². The number of anilines is 1. The van der Waals surface area contributed by atoms with Crippen LogP contribution < -0.4 is 9.74 Å². The molecule has 1 aliphatic heterocycles. The van der Waals surface area contributed by atoms with Crippen LogP contribution in [0, 0.1) is 5.92 Å². The smallest absolute Gasteiger partial charge is 0.260 e. The second-order valence-electron chi connectivity index (χ2n) is 4.38. The fourth-order valence-corrected chi connectivity index (χ4v) is 2.53. The van der Waals surface area contributed by atoms with E-state index in [1.54, 1.807) is 0 Å². The summed E-state index contributed by atoms with van der Waals surface area (Å²) >= 11 is 11.7. The van der Waals surface area contributed by atoms with E-state index in [-0.39, 0.29) is 22.9 Å². The van der Waals surface area contributed by atoms with Gasteiger partial charge in [-0.1, -0.05) is 11.6 Å². The van der Waals surface area contributed by atoms with Crippen molar-refractivity contribution in [3.63, 3.8) is 0 Å². The predicted molar refractivity (Wildman–Crippen MR) is 63.8 cm³/mol. The maximum Gasteiger partial charge on any atom is 0.260 e. The van der Waals surface area contributed by atoms with E-state index in [1.807, 2.05) is 0 Å². The lowest BCUT2D eigenvalue weighted by Crippen LogP contribution is -2.41. The second kappa shape index (κ2) is 4.08. The molecule has 1 aromatic rings. The zero-order valence-corrected chi connectivity index (χ0v) is 10.3. The van der Waals surface area contributed by atoms with Gasteiger partial charge in [0.05, 0.1) is 18.4 Å². The van der Waals surface area contributed by atoms with Gasteiger partial charge in [0, 0.05) is 17.8 Å². The molecule has 3 rings (SSSR count). The monoisotopic (exact) mass is 272 g/mol. The van der Waals surface area contributed by atoms with Crippen molar-refractivity contribution in [2.75, 3.05) is 4.42 Å². The van der Waals surface area contributed by atoms with Gasteiger partial charge in [0.15, 0.2) is 5.82 Å². The number of carbonyl (C=O) groups excluding carboxylic acids is 1. The number of hydrogen-bond acceptors (Lipinski definition) is 4. The van der Waals surface area contributed by atoms with Crippen LogP contribution in [0.3, 0.4) is 0 Å². The average Bonchev–Trinajstić information content (AvgIpc) is 2.94. The van der Waals surface area contributed by atoms with Crippen molar-refractivity contribution >= 4 is 35.1 Å². The summed E-state index contributed by atoms with van der Waals surface area (Å²) in [5.41, 5.74) is 0. The Bertz CT molecular complexity index is 459. The van der Waals surface area contributed by atoms with Crippen molar-refractivity contribution in [2.45, 2.75) is 24.9 Å². The highest BCUT2D eigenvalue weighted by molar-refractivity contribution is 6.37. The molecule has 7 heteroatoms. The first kappa shape index (κ1) is 11.2. The lowest BCUT2D eigenvalue weighted by molar-refractivity contribution is -0.119. The Morgan fingerprint density at radius 2 is 2.29 bits per heavy atom. The summed E-state index contributed by atoms with van der Waals surface area (Å²) in [6.07, 6.45) is 4.82. The minimum Gasteiger partial charge on any atom is -0.303 e. The van der Waals surface area contributed by atoms with Crippen LogP contribution in [0.1, 0.15) is 12.8 Å². The quantitative estimate of drug-likeness (QED) is 0.827. The molecule has 1 saturated heterocycles. The van der Waals surface area contributed by atoms with Crippen molar-refractivity contribution in [2.24, 2.45) is 5.92 Å². The number of halogens is 2. The zero-order valence-electron chi connectivity index (χ0n) is 8.81. The predicted octanol–water partition coefficient (Wildman–Crippen LogP) is 1.37. The Balaban J connectivity index is 1.73. The van der Waals surface area contributed by atoms with Gasteiger partial charge in [0.25, 0.3) is 5.91 Å². The third kappa shape index (κ3) is 2.10. The molecule has 2 heterocycles. The maximum atomic E-state index is 12.0. The largest absolute Gasteiger partial charge is 0.303 e. The van der Waals surface area contributed by atoms with Crippen LogP contribution >= 0.6 is 23.4 Å². The minimum atomic E-state index is -0.211. The molecule has 90 valence electrons. The van der Waals surface area contributed by atoms with Crippen LogP contribution in [0.15, 0.2) is 12.4 Å². The average molecular weight is 273 g/mol. The Kier molecular flexibility index (Phi) is 2.69. The number of hydrogen-bond donors (Lipinski definition) is 1. The number of piperidine rings is 1. The van der Waals surface area contributed by atoms with E-state index < -0.39 is 0 Å². The number of nitrogens with one attached hydrogen (secondary N) is 1. The van der Waals surface area contributed by atoms with Crippen molar-refractivity contribution < 1.29 is 4.79 Å². The van der Waals surface area contributed by atoms with Gasteiger partial charge >= 0.3 is 0 Å². The van der Waals surface area contributed by atoms with Gasteiger partial charge in [-0.2, -0.15) is 0 Å². The maximum absolute atomic E-state index is 12.0. The molecule has 17 heavy (non-hydrogen) atoms. The van der Waals surface area contributed by atoms with E-state index >= 15 is 0 Å². The molecule has 0 radical (unpaired) electrons. The Hall–Kier alpha value is -0.910. The molecular weight excluding hydrogens is 263 g/mol. The van der Waals surface area contributed by atoms with Crippen molar-refractivity contribution in [3.8, 4) is 0 Å². The lowest BCUT2D eigenvalue weighted by atomic mass is 10.2. The summed E-state index contributed by atoms with van der Waals surface area (Å²) in [4.78, 5) is 19.8. The highest BCUT2D eigenvalue weighted by Crippen LogP contribution is 2.41. The van der Waals surface area contributed by atoms with Gasteiger partial charge in [-0.15, -0.1) is 0 Å². The molecule has 3 atom stereocenters. The molecule has 5 nitrogen and oxygen atoms in total. The van der Waals surface area contributed by atoms with Crippen LogP contribution in [-0.2, 0) is 4.79 Å². The number of rotatable bonds is 2. The molecular formula is C10H10Cl2N4O. The summed E-state index contributed by atoms with van der Waals surface area (Å²) < 4.78 is 0.987. The summed E-state index contributed by atoms with van der Waals surface area (Å²) in [6, 6.07) is 0.288. The van der Waals surface area contributed by atoms with E-state index in [0.29, 0.717) is 12.0 Å². The van der Waals surface area contributed by atoms with Crippen LogP contribution in [0.2, 0.25) is 5.15 Å².